The molecular weight excluding hydrogens is 218 g/mol. The maximum atomic E-state index is 9.65. The lowest BCUT2D eigenvalue weighted by atomic mass is 10.2. The van der Waals surface area contributed by atoms with Crippen LogP contribution in [0.4, 0.5) is 11.6 Å². The van der Waals surface area contributed by atoms with E-state index in [2.05, 4.69) is 15.3 Å². The first-order valence-corrected chi connectivity index (χ1v) is 5.72. The quantitative estimate of drug-likeness (QED) is 0.716. The number of aliphatic hydroxyl groups excluding tert-OH is 1. The van der Waals surface area contributed by atoms with E-state index in [9.17, 15) is 5.11 Å². The third-order valence-corrected chi connectivity index (χ3v) is 2.52. The van der Waals surface area contributed by atoms with Crippen molar-refractivity contribution in [3.8, 4) is 0 Å². The molecule has 2 aromatic heterocycles. The van der Waals surface area contributed by atoms with Crippen molar-refractivity contribution in [3.05, 3.63) is 18.6 Å². The Morgan fingerprint density at radius 3 is 3.18 bits per heavy atom. The van der Waals surface area contributed by atoms with E-state index in [1.54, 1.807) is 23.0 Å². The van der Waals surface area contributed by atoms with Crippen molar-refractivity contribution in [3.63, 3.8) is 0 Å². The van der Waals surface area contributed by atoms with Gasteiger partial charge in [-0.3, -0.25) is 0 Å². The SMILES string of the molecule is CCCC(O)CNc1nc(N)cn2ccnc12. The number of nitrogens with one attached hydrogen (secondary N) is 1. The smallest absolute Gasteiger partial charge is 0.180 e. The summed E-state index contributed by atoms with van der Waals surface area (Å²) in [6, 6.07) is 0. The highest BCUT2D eigenvalue weighted by molar-refractivity contribution is 5.64. The molecule has 0 spiro atoms. The number of hydrogen-bond acceptors (Lipinski definition) is 5. The van der Waals surface area contributed by atoms with Gasteiger partial charge in [0.25, 0.3) is 0 Å². The lowest BCUT2D eigenvalue weighted by Gasteiger charge is -2.12. The number of nitrogen functional groups attached to an aromatic ring is 1. The molecule has 2 heterocycles. The molecule has 2 aromatic rings. The minimum atomic E-state index is -0.377. The van der Waals surface area contributed by atoms with Crippen molar-refractivity contribution in [1.29, 1.82) is 0 Å². The van der Waals surface area contributed by atoms with Gasteiger partial charge in [-0.2, -0.15) is 0 Å². The molecule has 0 aromatic carbocycles. The van der Waals surface area contributed by atoms with Crippen molar-refractivity contribution >= 4 is 17.3 Å². The lowest BCUT2D eigenvalue weighted by molar-refractivity contribution is 0.176. The second kappa shape index (κ2) is 5.01. The summed E-state index contributed by atoms with van der Waals surface area (Å²) in [4.78, 5) is 8.36. The summed E-state index contributed by atoms with van der Waals surface area (Å²) < 4.78 is 1.80. The molecule has 17 heavy (non-hydrogen) atoms. The number of nitrogens with zero attached hydrogens (tertiary/aromatic N) is 3. The number of anilines is 2. The minimum Gasteiger partial charge on any atom is -0.391 e. The first-order valence-electron chi connectivity index (χ1n) is 5.72. The molecule has 1 unspecified atom stereocenters. The molecule has 2 rings (SSSR count). The van der Waals surface area contributed by atoms with Crippen LogP contribution in [-0.2, 0) is 0 Å². The Bertz CT molecular complexity index is 496. The third kappa shape index (κ3) is 2.65. The summed E-state index contributed by atoms with van der Waals surface area (Å²) >= 11 is 0. The zero-order valence-electron chi connectivity index (χ0n) is 9.80. The Balaban J connectivity index is 2.14. The Hall–Kier alpha value is -1.82. The van der Waals surface area contributed by atoms with Crippen LogP contribution in [0.5, 0.6) is 0 Å². The number of aromatic nitrogens is 3. The highest BCUT2D eigenvalue weighted by Crippen LogP contribution is 2.14. The third-order valence-electron chi connectivity index (χ3n) is 2.52. The van der Waals surface area contributed by atoms with Crippen LogP contribution in [-0.4, -0.2) is 32.1 Å². The van der Waals surface area contributed by atoms with E-state index < -0.39 is 0 Å². The monoisotopic (exact) mass is 235 g/mol. The van der Waals surface area contributed by atoms with E-state index in [1.807, 2.05) is 6.92 Å². The summed E-state index contributed by atoms with van der Waals surface area (Å²) in [6.07, 6.45) is 6.53. The highest BCUT2D eigenvalue weighted by atomic mass is 16.3. The zero-order valence-corrected chi connectivity index (χ0v) is 9.80. The van der Waals surface area contributed by atoms with Crippen LogP contribution in [0.3, 0.4) is 0 Å². The number of hydrogen-bond donors (Lipinski definition) is 3. The normalized spacial score (nSPS) is 12.8. The molecule has 0 radical (unpaired) electrons. The van der Waals surface area contributed by atoms with Crippen LogP contribution in [0, 0.1) is 0 Å². The molecule has 0 aliphatic heterocycles. The molecular formula is C11H17N5O. The second-order valence-corrected chi connectivity index (χ2v) is 4.00. The molecule has 6 nitrogen and oxygen atoms in total. The zero-order chi connectivity index (χ0) is 12.3. The Morgan fingerprint density at radius 1 is 1.59 bits per heavy atom. The van der Waals surface area contributed by atoms with E-state index in [1.165, 1.54) is 0 Å². The minimum absolute atomic E-state index is 0.377. The number of aliphatic hydroxyl groups is 1. The average Bonchev–Trinajstić information content (AvgIpc) is 2.74. The molecule has 6 heteroatoms. The van der Waals surface area contributed by atoms with Crippen LogP contribution in [0.2, 0.25) is 0 Å². The molecule has 0 amide bonds. The molecule has 0 aliphatic rings. The lowest BCUT2D eigenvalue weighted by Crippen LogP contribution is -2.20. The molecule has 4 N–H and O–H groups in total. The Morgan fingerprint density at radius 2 is 2.41 bits per heavy atom. The van der Waals surface area contributed by atoms with Crippen molar-refractivity contribution in [2.75, 3.05) is 17.6 Å². The molecule has 1 atom stereocenters. The number of fused-ring (bicyclic) bond motifs is 1. The molecule has 0 aliphatic carbocycles. The van der Waals surface area contributed by atoms with Crippen LogP contribution in [0.15, 0.2) is 18.6 Å². The number of imidazole rings is 1. The van der Waals surface area contributed by atoms with E-state index in [4.69, 9.17) is 5.73 Å². The van der Waals surface area contributed by atoms with E-state index in [0.717, 1.165) is 12.8 Å². The number of nitrogens with two attached hydrogens (primary N) is 1. The fourth-order valence-electron chi connectivity index (χ4n) is 1.72. The van der Waals surface area contributed by atoms with E-state index in [0.29, 0.717) is 23.8 Å². The first kappa shape index (κ1) is 11.7. The largest absolute Gasteiger partial charge is 0.391 e. The standard InChI is InChI=1S/C11H17N5O/c1-2-3-8(17)6-14-10-11-13-4-5-16(11)7-9(12)15-10/h4-5,7-8,17H,2-3,6,12H2,1H3,(H,14,15). The molecule has 92 valence electrons. The van der Waals surface area contributed by atoms with Crippen molar-refractivity contribution in [2.45, 2.75) is 25.9 Å². The van der Waals surface area contributed by atoms with Crippen molar-refractivity contribution in [2.24, 2.45) is 0 Å². The topological polar surface area (TPSA) is 88.5 Å². The maximum absolute atomic E-state index is 9.65. The predicted molar refractivity (Wildman–Crippen MR) is 66.8 cm³/mol. The Labute approximate surface area is 99.5 Å². The van der Waals surface area contributed by atoms with Gasteiger partial charge in [0.1, 0.15) is 5.82 Å². The van der Waals surface area contributed by atoms with Gasteiger partial charge in [0.15, 0.2) is 11.5 Å². The summed E-state index contributed by atoms with van der Waals surface area (Å²) in [5.74, 6) is 1.02. The summed E-state index contributed by atoms with van der Waals surface area (Å²) in [5, 5.41) is 12.7. The van der Waals surface area contributed by atoms with E-state index in [-0.39, 0.29) is 6.10 Å². The van der Waals surface area contributed by atoms with Crippen LogP contribution in [0.25, 0.3) is 5.65 Å². The average molecular weight is 235 g/mol. The highest BCUT2D eigenvalue weighted by Gasteiger charge is 2.08. The van der Waals surface area contributed by atoms with Crippen LogP contribution < -0.4 is 11.1 Å². The van der Waals surface area contributed by atoms with Gasteiger partial charge in [-0.05, 0) is 6.42 Å². The predicted octanol–water partition coefficient (Wildman–Crippen LogP) is 0.884. The molecule has 0 saturated heterocycles. The van der Waals surface area contributed by atoms with Crippen LogP contribution >= 0.6 is 0 Å². The van der Waals surface area contributed by atoms with Gasteiger partial charge in [0.2, 0.25) is 0 Å². The van der Waals surface area contributed by atoms with E-state index >= 15 is 0 Å². The summed E-state index contributed by atoms with van der Waals surface area (Å²) in [5.41, 5.74) is 6.40. The fraction of sp³-hybridized carbons (Fsp3) is 0.455. The molecule has 0 bridgehead atoms. The summed E-state index contributed by atoms with van der Waals surface area (Å²) in [6.45, 7) is 2.49. The van der Waals surface area contributed by atoms with Gasteiger partial charge in [-0.25, -0.2) is 9.97 Å². The Kier molecular flexibility index (Phi) is 3.43. The van der Waals surface area contributed by atoms with Gasteiger partial charge in [0, 0.05) is 18.9 Å². The number of rotatable bonds is 5. The molecule has 0 fully saturated rings. The van der Waals surface area contributed by atoms with Crippen molar-refractivity contribution in [1.82, 2.24) is 14.4 Å². The second-order valence-electron chi connectivity index (χ2n) is 4.00. The van der Waals surface area contributed by atoms with Crippen molar-refractivity contribution < 1.29 is 5.11 Å². The van der Waals surface area contributed by atoms with Gasteiger partial charge in [-0.15, -0.1) is 0 Å². The molecule has 0 saturated carbocycles. The van der Waals surface area contributed by atoms with Gasteiger partial charge in [0.05, 0.1) is 12.3 Å². The van der Waals surface area contributed by atoms with Gasteiger partial charge in [-0.1, -0.05) is 13.3 Å². The van der Waals surface area contributed by atoms with Crippen LogP contribution in [0.1, 0.15) is 19.8 Å². The maximum Gasteiger partial charge on any atom is 0.180 e. The first-order chi connectivity index (χ1) is 8.20. The van der Waals surface area contributed by atoms with Gasteiger partial charge >= 0.3 is 0 Å². The fourth-order valence-corrected chi connectivity index (χ4v) is 1.72. The summed E-state index contributed by atoms with van der Waals surface area (Å²) in [7, 11) is 0. The van der Waals surface area contributed by atoms with Gasteiger partial charge < -0.3 is 20.6 Å².